The normalized spacial score (nSPS) is 30.4. The van der Waals surface area contributed by atoms with Gasteiger partial charge in [-0.25, -0.2) is 0 Å². The average molecular weight is 337 g/mol. The summed E-state index contributed by atoms with van der Waals surface area (Å²) in [5.41, 5.74) is 0. The first-order chi connectivity index (χ1) is 10.0. The van der Waals surface area contributed by atoms with Crippen molar-refractivity contribution in [3.8, 4) is 0 Å². The Morgan fingerprint density at radius 2 is 0.550 bits per heavy atom. The SMILES string of the molecule is C1=C\C=C/C=C\C=C/SSSS/C=C\C=C/C=C\C=C/1. The van der Waals surface area contributed by atoms with E-state index in [2.05, 4.69) is 10.8 Å². The van der Waals surface area contributed by atoms with Gasteiger partial charge in [-0.05, 0) is 30.5 Å². The Bertz CT molecular complexity index is 419. The first-order valence-electron chi connectivity index (χ1n) is 5.97. The largest absolute Gasteiger partial charge is 0.0623 e. The van der Waals surface area contributed by atoms with Crippen molar-refractivity contribution in [3.05, 3.63) is 95.9 Å². The molecule has 4 heteroatoms. The molecule has 104 valence electrons. The van der Waals surface area contributed by atoms with Gasteiger partial charge in [-0.2, -0.15) is 0 Å². The fraction of sp³-hybridized carbons (Fsp3) is 0. The average Bonchev–Trinajstić information content (AvgIpc) is 2.46. The number of allylic oxidation sites excluding steroid dienone is 14. The highest BCUT2D eigenvalue weighted by molar-refractivity contribution is 9.26. The number of rotatable bonds is 0. The summed E-state index contributed by atoms with van der Waals surface area (Å²) in [7, 11) is 6.94. The van der Waals surface area contributed by atoms with Crippen LogP contribution >= 0.6 is 41.2 Å². The van der Waals surface area contributed by atoms with Gasteiger partial charge in [0.1, 0.15) is 0 Å². The van der Waals surface area contributed by atoms with Crippen molar-refractivity contribution >= 4 is 41.2 Å². The predicted octanol–water partition coefficient (Wildman–Crippen LogP) is 7.04. The molecule has 20 heavy (non-hydrogen) atoms. The van der Waals surface area contributed by atoms with E-state index in [-0.39, 0.29) is 0 Å². The van der Waals surface area contributed by atoms with Crippen LogP contribution in [-0.4, -0.2) is 0 Å². The standard InChI is InChI=1S/C16H16S4/c1-2-4-6-8-10-12-14-16-18-20-19-17-15-13-11-9-7-5-3-1/h1-16H/b3-1-,4-2-,7-5-,8-6-,11-9-,12-10-,15-13-,16-14-. The summed E-state index contributed by atoms with van der Waals surface area (Å²) in [5.74, 6) is 0. The van der Waals surface area contributed by atoms with Crippen LogP contribution < -0.4 is 0 Å². The highest BCUT2D eigenvalue weighted by Crippen LogP contribution is 2.43. The smallest absolute Gasteiger partial charge is 0.00841 e. The Hall–Kier alpha value is -0.680. The predicted molar refractivity (Wildman–Crippen MR) is 103 cm³/mol. The lowest BCUT2D eigenvalue weighted by molar-refractivity contribution is 1.83. The number of hydrogen-bond donors (Lipinski definition) is 0. The maximum absolute atomic E-state index is 2.08. The third-order valence-electron chi connectivity index (χ3n) is 1.82. The molecule has 0 fully saturated rings. The Morgan fingerprint density at radius 1 is 0.300 bits per heavy atom. The zero-order valence-corrected chi connectivity index (χ0v) is 14.1. The van der Waals surface area contributed by atoms with Gasteiger partial charge in [-0.1, -0.05) is 107 Å². The maximum Gasteiger partial charge on any atom is -0.00841 e. The van der Waals surface area contributed by atoms with Crippen LogP contribution in [0.1, 0.15) is 0 Å². The van der Waals surface area contributed by atoms with E-state index < -0.39 is 0 Å². The Labute approximate surface area is 136 Å². The van der Waals surface area contributed by atoms with E-state index in [1.807, 2.05) is 85.1 Å². The molecule has 0 N–H and O–H groups in total. The second kappa shape index (κ2) is 14.7. The zero-order chi connectivity index (χ0) is 14.1. The van der Waals surface area contributed by atoms with Crippen LogP contribution in [0.25, 0.3) is 0 Å². The topological polar surface area (TPSA) is 0 Å². The summed E-state index contributed by atoms with van der Waals surface area (Å²) in [6.07, 6.45) is 28.2. The van der Waals surface area contributed by atoms with E-state index in [1.165, 1.54) is 0 Å². The van der Waals surface area contributed by atoms with Gasteiger partial charge in [0.05, 0.1) is 0 Å². The van der Waals surface area contributed by atoms with Gasteiger partial charge in [-0.15, -0.1) is 0 Å². The van der Waals surface area contributed by atoms with Gasteiger partial charge < -0.3 is 0 Å². The molecule has 0 saturated carbocycles. The maximum atomic E-state index is 2.08. The van der Waals surface area contributed by atoms with Gasteiger partial charge in [0.15, 0.2) is 0 Å². The monoisotopic (exact) mass is 336 g/mol. The van der Waals surface area contributed by atoms with Crippen LogP contribution in [-0.2, 0) is 0 Å². The van der Waals surface area contributed by atoms with Crippen LogP contribution in [0.15, 0.2) is 95.9 Å². The molecule has 0 saturated heterocycles. The molecular weight excluding hydrogens is 320 g/mol. The summed E-state index contributed by atoms with van der Waals surface area (Å²) < 4.78 is 0. The lowest BCUT2D eigenvalue weighted by Crippen LogP contribution is -1.53. The Kier molecular flexibility index (Phi) is 12.8. The molecule has 0 aliphatic carbocycles. The molecule has 1 rings (SSSR count). The zero-order valence-electron chi connectivity index (χ0n) is 10.9. The van der Waals surface area contributed by atoms with E-state index in [9.17, 15) is 0 Å². The third-order valence-corrected chi connectivity index (χ3v) is 7.29. The van der Waals surface area contributed by atoms with Gasteiger partial charge in [0.2, 0.25) is 0 Å². The van der Waals surface area contributed by atoms with Crippen molar-refractivity contribution in [1.29, 1.82) is 0 Å². The molecule has 1 aliphatic rings. The van der Waals surface area contributed by atoms with Crippen molar-refractivity contribution in [3.63, 3.8) is 0 Å². The second-order valence-electron chi connectivity index (χ2n) is 3.29. The van der Waals surface area contributed by atoms with Crippen molar-refractivity contribution in [1.82, 2.24) is 0 Å². The van der Waals surface area contributed by atoms with E-state index in [1.54, 1.807) is 41.2 Å². The molecule has 0 aromatic heterocycles. The lowest BCUT2D eigenvalue weighted by atomic mass is 10.3. The van der Waals surface area contributed by atoms with Crippen LogP contribution in [0.5, 0.6) is 0 Å². The molecule has 0 bridgehead atoms. The Balaban J connectivity index is 2.52. The fourth-order valence-electron chi connectivity index (χ4n) is 1.00. The summed E-state index contributed by atoms with van der Waals surface area (Å²) in [4.78, 5) is 0. The second-order valence-corrected chi connectivity index (χ2v) is 8.92. The van der Waals surface area contributed by atoms with Crippen LogP contribution in [0, 0.1) is 0 Å². The third kappa shape index (κ3) is 12.4. The van der Waals surface area contributed by atoms with Gasteiger partial charge in [-0.3, -0.25) is 0 Å². The molecule has 0 spiro atoms. The minimum atomic E-state index is 1.72. The van der Waals surface area contributed by atoms with Crippen LogP contribution in [0.4, 0.5) is 0 Å². The molecule has 0 amide bonds. The molecule has 0 aromatic rings. The first-order valence-corrected chi connectivity index (χ1v) is 10.9. The van der Waals surface area contributed by atoms with E-state index >= 15 is 0 Å². The minimum Gasteiger partial charge on any atom is -0.0623 e. The fourth-order valence-corrected chi connectivity index (χ4v) is 5.44. The van der Waals surface area contributed by atoms with E-state index in [0.717, 1.165) is 0 Å². The van der Waals surface area contributed by atoms with Crippen molar-refractivity contribution < 1.29 is 0 Å². The van der Waals surface area contributed by atoms with Gasteiger partial charge >= 0.3 is 0 Å². The molecule has 0 aromatic carbocycles. The summed E-state index contributed by atoms with van der Waals surface area (Å²) >= 11 is 0. The molecule has 0 nitrogen and oxygen atoms in total. The molecule has 0 unspecified atom stereocenters. The Morgan fingerprint density at radius 3 is 0.850 bits per heavy atom. The van der Waals surface area contributed by atoms with Crippen molar-refractivity contribution in [2.24, 2.45) is 0 Å². The summed E-state index contributed by atoms with van der Waals surface area (Å²) in [6, 6.07) is 0. The van der Waals surface area contributed by atoms with Crippen molar-refractivity contribution in [2.75, 3.05) is 0 Å². The lowest BCUT2D eigenvalue weighted by Gasteiger charge is -1.89. The van der Waals surface area contributed by atoms with E-state index in [0.29, 0.717) is 0 Å². The van der Waals surface area contributed by atoms with Gasteiger partial charge in [0, 0.05) is 0 Å². The summed E-state index contributed by atoms with van der Waals surface area (Å²) in [6.45, 7) is 0. The van der Waals surface area contributed by atoms with E-state index in [4.69, 9.17) is 0 Å². The van der Waals surface area contributed by atoms with Crippen LogP contribution in [0.3, 0.4) is 0 Å². The number of hydrogen-bond acceptors (Lipinski definition) is 4. The molecular formula is C16H16S4. The molecule has 1 aliphatic heterocycles. The molecule has 1 heterocycles. The minimum absolute atomic E-state index is 1.72. The summed E-state index contributed by atoms with van der Waals surface area (Å²) in [5, 5.41) is 4.15. The molecule has 0 atom stereocenters. The van der Waals surface area contributed by atoms with Gasteiger partial charge in [0.25, 0.3) is 0 Å². The van der Waals surface area contributed by atoms with Crippen molar-refractivity contribution in [2.45, 2.75) is 0 Å². The molecule has 0 radical (unpaired) electrons. The highest BCUT2D eigenvalue weighted by Gasteiger charge is 1.84. The quantitative estimate of drug-likeness (QED) is 0.435. The highest BCUT2D eigenvalue weighted by atomic mass is 33.7. The first kappa shape index (κ1) is 17.4. The van der Waals surface area contributed by atoms with Crippen LogP contribution in [0.2, 0.25) is 0 Å².